The Balaban J connectivity index is 1.73. The molecule has 8 bridgehead atoms. The van der Waals surface area contributed by atoms with E-state index in [-0.39, 0.29) is 0 Å². The third kappa shape index (κ3) is 2.82. The molecule has 1 aliphatic rings. The van der Waals surface area contributed by atoms with Gasteiger partial charge in [-0.2, -0.15) is 0 Å². The van der Waals surface area contributed by atoms with Gasteiger partial charge >= 0.3 is 0 Å². The molecule has 2 heteroatoms. The highest BCUT2D eigenvalue weighted by Crippen LogP contribution is 2.34. The van der Waals surface area contributed by atoms with Crippen molar-refractivity contribution in [1.82, 2.24) is 0 Å². The van der Waals surface area contributed by atoms with Crippen molar-refractivity contribution in [3.63, 3.8) is 0 Å². The quantitative estimate of drug-likeness (QED) is 0.305. The van der Waals surface area contributed by atoms with E-state index in [1.165, 1.54) is 0 Å². The Bertz CT molecular complexity index is 922. The fourth-order valence-corrected chi connectivity index (χ4v) is 3.23. The second-order valence-electron chi connectivity index (χ2n) is 6.32. The molecule has 4 aromatic carbocycles. The minimum Gasteiger partial charge on any atom is -0.457 e. The van der Waals surface area contributed by atoms with Crippen molar-refractivity contribution in [3.05, 3.63) is 97.1 Å². The largest absolute Gasteiger partial charge is 0.457 e. The molecular formula is C24H16O2. The third-order valence-corrected chi connectivity index (χ3v) is 4.47. The first-order valence-electron chi connectivity index (χ1n) is 8.60. The summed E-state index contributed by atoms with van der Waals surface area (Å²) in [5.41, 5.74) is 4.37. The van der Waals surface area contributed by atoms with Gasteiger partial charge in [0.2, 0.25) is 0 Å². The highest BCUT2D eigenvalue weighted by Gasteiger charge is 2.08. The lowest BCUT2D eigenvalue weighted by molar-refractivity contribution is 0.481. The standard InChI is InChI=1S/C24H16O2/c1-5-17-13-21(9-1)25-22-10-3-7-19(15-22)20-8-4-12-24(16-20)26-23-11-2-6-18(17)14-23/h1-16H. The molecule has 0 saturated carbocycles. The molecular weight excluding hydrogens is 320 g/mol. The van der Waals surface area contributed by atoms with E-state index in [0.29, 0.717) is 0 Å². The molecule has 2 nitrogen and oxygen atoms in total. The zero-order valence-corrected chi connectivity index (χ0v) is 14.1. The van der Waals surface area contributed by atoms with Crippen LogP contribution < -0.4 is 9.47 Å². The molecule has 0 atom stereocenters. The number of hydrogen-bond donors (Lipinski definition) is 0. The Morgan fingerprint density at radius 2 is 0.615 bits per heavy atom. The van der Waals surface area contributed by atoms with Crippen molar-refractivity contribution < 1.29 is 9.47 Å². The lowest BCUT2D eigenvalue weighted by Crippen LogP contribution is -1.89. The normalized spacial score (nSPS) is 11.7. The van der Waals surface area contributed by atoms with Crippen LogP contribution in [0.3, 0.4) is 0 Å². The van der Waals surface area contributed by atoms with Crippen LogP contribution in [0.5, 0.6) is 23.0 Å². The molecule has 124 valence electrons. The summed E-state index contributed by atoms with van der Waals surface area (Å²) in [6.45, 7) is 0. The monoisotopic (exact) mass is 336 g/mol. The van der Waals surface area contributed by atoms with Gasteiger partial charge in [0, 0.05) is 0 Å². The predicted molar refractivity (Wildman–Crippen MR) is 104 cm³/mol. The molecule has 4 aromatic rings. The maximum absolute atomic E-state index is 6.12. The molecule has 0 N–H and O–H groups in total. The third-order valence-electron chi connectivity index (χ3n) is 4.47. The topological polar surface area (TPSA) is 18.5 Å². The first kappa shape index (κ1) is 14.8. The van der Waals surface area contributed by atoms with Crippen LogP contribution in [0.2, 0.25) is 0 Å². The summed E-state index contributed by atoms with van der Waals surface area (Å²) in [5, 5.41) is 0. The molecule has 1 aliphatic heterocycles. The maximum Gasteiger partial charge on any atom is 0.128 e. The molecule has 0 fully saturated rings. The highest BCUT2D eigenvalue weighted by molar-refractivity contribution is 5.69. The van der Waals surface area contributed by atoms with E-state index in [4.69, 9.17) is 9.47 Å². The van der Waals surface area contributed by atoms with Crippen molar-refractivity contribution in [1.29, 1.82) is 0 Å². The van der Waals surface area contributed by atoms with Gasteiger partial charge in [-0.15, -0.1) is 0 Å². The summed E-state index contributed by atoms with van der Waals surface area (Å²) in [4.78, 5) is 0. The summed E-state index contributed by atoms with van der Waals surface area (Å²) in [6.07, 6.45) is 0. The van der Waals surface area contributed by atoms with Crippen LogP contribution in [0.25, 0.3) is 22.3 Å². The van der Waals surface area contributed by atoms with E-state index < -0.39 is 0 Å². The number of rotatable bonds is 0. The van der Waals surface area contributed by atoms with Crippen molar-refractivity contribution in [2.75, 3.05) is 0 Å². The molecule has 0 saturated heterocycles. The number of ether oxygens (including phenoxy) is 2. The first-order chi connectivity index (χ1) is 12.8. The SMILES string of the molecule is c1cc2cc(c1)-c1cccc(c1)Oc1cccc(c1)-c1cccc(c1)O2. The maximum atomic E-state index is 6.12. The zero-order valence-electron chi connectivity index (χ0n) is 14.1. The molecule has 0 aliphatic carbocycles. The van der Waals surface area contributed by atoms with Crippen molar-refractivity contribution in [3.8, 4) is 45.3 Å². The molecule has 0 radical (unpaired) electrons. The fraction of sp³-hybridized carbons (Fsp3) is 0. The van der Waals surface area contributed by atoms with Gasteiger partial charge in [0.1, 0.15) is 23.0 Å². The van der Waals surface area contributed by atoms with Crippen LogP contribution in [-0.4, -0.2) is 0 Å². The molecule has 5 rings (SSSR count). The first-order valence-corrected chi connectivity index (χ1v) is 8.60. The van der Waals surface area contributed by atoms with Gasteiger partial charge in [0.15, 0.2) is 0 Å². The van der Waals surface area contributed by atoms with E-state index in [1.807, 2.05) is 48.5 Å². The average Bonchev–Trinajstić information content (AvgIpc) is 2.68. The Kier molecular flexibility index (Phi) is 3.46. The Morgan fingerprint density at radius 3 is 0.885 bits per heavy atom. The van der Waals surface area contributed by atoms with Crippen molar-refractivity contribution in [2.45, 2.75) is 0 Å². The fourth-order valence-electron chi connectivity index (χ4n) is 3.23. The van der Waals surface area contributed by atoms with E-state index >= 15 is 0 Å². The van der Waals surface area contributed by atoms with E-state index in [2.05, 4.69) is 48.5 Å². The summed E-state index contributed by atoms with van der Waals surface area (Å²) in [6, 6.07) is 32.5. The second-order valence-corrected chi connectivity index (χ2v) is 6.32. The van der Waals surface area contributed by atoms with Crippen LogP contribution >= 0.6 is 0 Å². The van der Waals surface area contributed by atoms with Crippen LogP contribution in [0.15, 0.2) is 97.1 Å². The summed E-state index contributed by atoms with van der Waals surface area (Å²) < 4.78 is 12.2. The van der Waals surface area contributed by atoms with Gasteiger partial charge < -0.3 is 9.47 Å². The molecule has 0 aromatic heterocycles. The Morgan fingerprint density at radius 1 is 0.346 bits per heavy atom. The summed E-state index contributed by atoms with van der Waals surface area (Å²) in [5.74, 6) is 3.27. The summed E-state index contributed by atoms with van der Waals surface area (Å²) in [7, 11) is 0. The minimum absolute atomic E-state index is 0.816. The van der Waals surface area contributed by atoms with Crippen molar-refractivity contribution in [2.24, 2.45) is 0 Å². The Labute approximate surface area is 152 Å². The molecule has 0 spiro atoms. The van der Waals surface area contributed by atoms with Crippen LogP contribution in [0.4, 0.5) is 0 Å². The van der Waals surface area contributed by atoms with Crippen molar-refractivity contribution >= 4 is 0 Å². The molecule has 26 heavy (non-hydrogen) atoms. The highest BCUT2D eigenvalue weighted by atomic mass is 16.5. The Hall–Kier alpha value is -3.52. The lowest BCUT2D eigenvalue weighted by atomic mass is 10.0. The van der Waals surface area contributed by atoms with Gasteiger partial charge in [-0.3, -0.25) is 0 Å². The lowest BCUT2D eigenvalue weighted by Gasteiger charge is -2.13. The van der Waals surface area contributed by atoms with Gasteiger partial charge in [-0.1, -0.05) is 48.5 Å². The number of fused-ring (bicyclic) bond motifs is 10. The van der Waals surface area contributed by atoms with Gasteiger partial charge in [0.25, 0.3) is 0 Å². The minimum atomic E-state index is 0.816. The molecule has 0 amide bonds. The summed E-state index contributed by atoms with van der Waals surface area (Å²) >= 11 is 0. The molecule has 0 unspecified atom stereocenters. The predicted octanol–water partition coefficient (Wildman–Crippen LogP) is 6.92. The molecule has 1 heterocycles. The van der Waals surface area contributed by atoms with Gasteiger partial charge in [0.05, 0.1) is 0 Å². The zero-order chi connectivity index (χ0) is 17.3. The van der Waals surface area contributed by atoms with E-state index in [0.717, 1.165) is 45.3 Å². The second kappa shape index (κ2) is 6.08. The van der Waals surface area contributed by atoms with Crippen LogP contribution in [-0.2, 0) is 0 Å². The van der Waals surface area contributed by atoms with E-state index in [9.17, 15) is 0 Å². The van der Waals surface area contributed by atoms with Gasteiger partial charge in [-0.25, -0.2) is 0 Å². The van der Waals surface area contributed by atoms with E-state index in [1.54, 1.807) is 0 Å². The smallest absolute Gasteiger partial charge is 0.128 e. The average molecular weight is 336 g/mol. The van der Waals surface area contributed by atoms with Gasteiger partial charge in [-0.05, 0) is 70.8 Å². The van der Waals surface area contributed by atoms with Crippen LogP contribution in [0, 0.1) is 0 Å². The van der Waals surface area contributed by atoms with Crippen LogP contribution in [0.1, 0.15) is 0 Å². The number of benzene rings is 4. The number of hydrogen-bond acceptors (Lipinski definition) is 2.